The molecular weight excluding hydrogens is 356 g/mol. The van der Waals surface area contributed by atoms with E-state index in [2.05, 4.69) is 10.6 Å². The van der Waals surface area contributed by atoms with Crippen LogP contribution in [0.25, 0.3) is 0 Å². The Morgan fingerprint density at radius 1 is 0.964 bits per heavy atom. The summed E-state index contributed by atoms with van der Waals surface area (Å²) in [6.07, 6.45) is 1.78. The van der Waals surface area contributed by atoms with Gasteiger partial charge in [0.1, 0.15) is 6.04 Å². The van der Waals surface area contributed by atoms with Crippen molar-refractivity contribution in [2.45, 2.75) is 19.1 Å². The Labute approximate surface area is 163 Å². The lowest BCUT2D eigenvalue weighted by Gasteiger charge is -2.18. The number of amides is 2. The summed E-state index contributed by atoms with van der Waals surface area (Å²) < 4.78 is 10.2. The molecule has 0 spiro atoms. The van der Waals surface area contributed by atoms with Crippen molar-refractivity contribution in [2.75, 3.05) is 12.4 Å². The van der Waals surface area contributed by atoms with E-state index in [0.29, 0.717) is 18.7 Å². The number of anilines is 1. The molecule has 2 N–H and O–H groups in total. The fourth-order valence-corrected chi connectivity index (χ4v) is 2.78. The van der Waals surface area contributed by atoms with Crippen LogP contribution in [-0.2, 0) is 22.6 Å². The van der Waals surface area contributed by atoms with Gasteiger partial charge in [-0.1, -0.05) is 42.5 Å². The highest BCUT2D eigenvalue weighted by molar-refractivity contribution is 6.00. The lowest BCUT2D eigenvalue weighted by molar-refractivity contribution is -0.118. The molecule has 3 aromatic rings. The minimum absolute atomic E-state index is 0.162. The molecule has 1 aromatic heterocycles. The molecule has 0 aliphatic heterocycles. The van der Waals surface area contributed by atoms with E-state index in [1.54, 1.807) is 31.4 Å². The van der Waals surface area contributed by atoms with E-state index >= 15 is 0 Å². The molecule has 6 heteroatoms. The SMILES string of the molecule is COCc1ccc(NC(=O)C(Cc2ccccc2)NC(=O)c2ccco2)cc1. The maximum Gasteiger partial charge on any atom is 0.287 e. The first-order valence-corrected chi connectivity index (χ1v) is 8.93. The van der Waals surface area contributed by atoms with Gasteiger partial charge < -0.3 is 19.8 Å². The van der Waals surface area contributed by atoms with Crippen LogP contribution in [0.2, 0.25) is 0 Å². The molecule has 0 bridgehead atoms. The first-order valence-electron chi connectivity index (χ1n) is 8.93. The van der Waals surface area contributed by atoms with Gasteiger partial charge in [-0.25, -0.2) is 0 Å². The van der Waals surface area contributed by atoms with Crippen molar-refractivity contribution in [1.82, 2.24) is 5.32 Å². The lowest BCUT2D eigenvalue weighted by atomic mass is 10.0. The third-order valence-corrected chi connectivity index (χ3v) is 4.18. The molecule has 1 heterocycles. The summed E-state index contributed by atoms with van der Waals surface area (Å²) in [5.74, 6) is -0.574. The second kappa shape index (κ2) is 9.53. The second-order valence-electron chi connectivity index (χ2n) is 6.31. The van der Waals surface area contributed by atoms with Crippen molar-refractivity contribution in [3.05, 3.63) is 89.9 Å². The second-order valence-corrected chi connectivity index (χ2v) is 6.31. The number of methoxy groups -OCH3 is 1. The number of rotatable bonds is 8. The molecule has 1 unspecified atom stereocenters. The number of carbonyl (C=O) groups excluding carboxylic acids is 2. The van der Waals surface area contributed by atoms with Crippen LogP contribution in [0.5, 0.6) is 0 Å². The minimum atomic E-state index is -0.751. The van der Waals surface area contributed by atoms with Gasteiger partial charge in [0.2, 0.25) is 5.91 Å². The summed E-state index contributed by atoms with van der Waals surface area (Å²) in [4.78, 5) is 25.2. The normalized spacial score (nSPS) is 11.6. The van der Waals surface area contributed by atoms with Gasteiger partial charge in [-0.3, -0.25) is 9.59 Å². The fraction of sp³-hybridized carbons (Fsp3) is 0.182. The zero-order chi connectivity index (χ0) is 19.8. The summed E-state index contributed by atoms with van der Waals surface area (Å²) in [5, 5.41) is 5.61. The maximum atomic E-state index is 12.9. The minimum Gasteiger partial charge on any atom is -0.459 e. The number of furan rings is 1. The monoisotopic (exact) mass is 378 g/mol. The summed E-state index contributed by atoms with van der Waals surface area (Å²) in [6, 6.07) is 19.3. The van der Waals surface area contributed by atoms with E-state index < -0.39 is 11.9 Å². The van der Waals surface area contributed by atoms with E-state index in [-0.39, 0.29) is 11.7 Å². The molecule has 144 valence electrons. The van der Waals surface area contributed by atoms with Crippen molar-refractivity contribution in [3.63, 3.8) is 0 Å². The Kier molecular flexibility index (Phi) is 6.59. The Bertz CT molecular complexity index is 890. The van der Waals surface area contributed by atoms with Crippen molar-refractivity contribution in [1.29, 1.82) is 0 Å². The highest BCUT2D eigenvalue weighted by Gasteiger charge is 2.23. The van der Waals surface area contributed by atoms with Crippen LogP contribution in [0, 0.1) is 0 Å². The lowest BCUT2D eigenvalue weighted by Crippen LogP contribution is -2.45. The van der Waals surface area contributed by atoms with Gasteiger partial charge >= 0.3 is 0 Å². The van der Waals surface area contributed by atoms with Gasteiger partial charge in [0, 0.05) is 19.2 Å². The Morgan fingerprint density at radius 3 is 2.36 bits per heavy atom. The van der Waals surface area contributed by atoms with Gasteiger partial charge in [-0.05, 0) is 35.4 Å². The molecule has 1 atom stereocenters. The van der Waals surface area contributed by atoms with E-state index in [0.717, 1.165) is 11.1 Å². The van der Waals surface area contributed by atoms with E-state index in [4.69, 9.17) is 9.15 Å². The standard InChI is InChI=1S/C22H22N2O4/c1-27-15-17-9-11-18(12-10-17)23-21(25)19(14-16-6-3-2-4-7-16)24-22(26)20-8-5-13-28-20/h2-13,19H,14-15H2,1H3,(H,23,25)(H,24,26). The Hall–Kier alpha value is -3.38. The number of ether oxygens (including phenoxy) is 1. The summed E-state index contributed by atoms with van der Waals surface area (Å²) in [7, 11) is 1.63. The Morgan fingerprint density at radius 2 is 1.71 bits per heavy atom. The molecule has 0 fully saturated rings. The molecule has 28 heavy (non-hydrogen) atoms. The van der Waals surface area contributed by atoms with E-state index in [1.165, 1.54) is 6.26 Å². The van der Waals surface area contributed by atoms with Gasteiger partial charge in [0.05, 0.1) is 12.9 Å². The maximum absolute atomic E-state index is 12.9. The van der Waals surface area contributed by atoms with E-state index in [9.17, 15) is 9.59 Å². The van der Waals surface area contributed by atoms with Crippen LogP contribution in [0.15, 0.2) is 77.4 Å². The number of hydrogen-bond acceptors (Lipinski definition) is 4. The van der Waals surface area contributed by atoms with Crippen LogP contribution in [0.1, 0.15) is 21.7 Å². The predicted molar refractivity (Wildman–Crippen MR) is 106 cm³/mol. The number of carbonyl (C=O) groups is 2. The summed E-state index contributed by atoms with van der Waals surface area (Å²) in [5.41, 5.74) is 2.60. The highest BCUT2D eigenvalue weighted by Crippen LogP contribution is 2.12. The smallest absolute Gasteiger partial charge is 0.287 e. The first kappa shape index (κ1) is 19.4. The molecule has 0 saturated carbocycles. The van der Waals surface area contributed by atoms with Crippen LogP contribution in [0.4, 0.5) is 5.69 Å². The van der Waals surface area contributed by atoms with Crippen molar-refractivity contribution in [2.24, 2.45) is 0 Å². The molecule has 0 aliphatic carbocycles. The van der Waals surface area contributed by atoms with Gasteiger partial charge in [0.25, 0.3) is 5.91 Å². The molecule has 3 rings (SSSR count). The number of hydrogen-bond donors (Lipinski definition) is 2. The van der Waals surface area contributed by atoms with E-state index in [1.807, 2.05) is 42.5 Å². The topological polar surface area (TPSA) is 80.6 Å². The first-order chi connectivity index (χ1) is 13.7. The third-order valence-electron chi connectivity index (χ3n) is 4.18. The van der Waals surface area contributed by atoms with Crippen molar-refractivity contribution >= 4 is 17.5 Å². The van der Waals surface area contributed by atoms with Gasteiger partial charge in [-0.15, -0.1) is 0 Å². The molecule has 0 radical (unpaired) electrons. The fourth-order valence-electron chi connectivity index (χ4n) is 2.78. The molecular formula is C22H22N2O4. The zero-order valence-corrected chi connectivity index (χ0v) is 15.6. The molecule has 0 saturated heterocycles. The largest absolute Gasteiger partial charge is 0.459 e. The van der Waals surface area contributed by atoms with Crippen molar-refractivity contribution in [3.8, 4) is 0 Å². The van der Waals surface area contributed by atoms with Crippen molar-refractivity contribution < 1.29 is 18.7 Å². The quantitative estimate of drug-likeness (QED) is 0.629. The number of benzene rings is 2. The molecule has 0 aliphatic rings. The van der Waals surface area contributed by atoms with Crippen LogP contribution >= 0.6 is 0 Å². The predicted octanol–water partition coefficient (Wildman–Crippen LogP) is 3.41. The highest BCUT2D eigenvalue weighted by atomic mass is 16.5. The number of nitrogens with one attached hydrogen (secondary N) is 2. The molecule has 6 nitrogen and oxygen atoms in total. The summed E-state index contributed by atoms with van der Waals surface area (Å²) in [6.45, 7) is 0.504. The third kappa shape index (κ3) is 5.31. The van der Waals surface area contributed by atoms with Gasteiger partial charge in [0.15, 0.2) is 5.76 Å². The van der Waals surface area contributed by atoms with Crippen LogP contribution < -0.4 is 10.6 Å². The Balaban J connectivity index is 1.72. The molecule has 2 amide bonds. The van der Waals surface area contributed by atoms with Crippen LogP contribution in [-0.4, -0.2) is 25.0 Å². The average Bonchev–Trinajstić information content (AvgIpc) is 3.25. The average molecular weight is 378 g/mol. The molecule has 2 aromatic carbocycles. The summed E-state index contributed by atoms with van der Waals surface area (Å²) >= 11 is 0. The van der Waals surface area contributed by atoms with Crippen LogP contribution in [0.3, 0.4) is 0 Å². The van der Waals surface area contributed by atoms with Gasteiger partial charge in [-0.2, -0.15) is 0 Å². The zero-order valence-electron chi connectivity index (χ0n) is 15.6.